The first-order valence-electron chi connectivity index (χ1n) is 6.14. The lowest BCUT2D eigenvalue weighted by Gasteiger charge is -1.99. The highest BCUT2D eigenvalue weighted by molar-refractivity contribution is 6.31. The fraction of sp³-hybridized carbons (Fsp3) is 0. The minimum Gasteiger partial charge on any atom is -0.463 e. The van der Waals surface area contributed by atoms with E-state index >= 15 is 0 Å². The van der Waals surface area contributed by atoms with Gasteiger partial charge in [0.2, 0.25) is 5.43 Å². The molecule has 21 heavy (non-hydrogen) atoms. The van der Waals surface area contributed by atoms with E-state index in [2.05, 4.69) is 4.99 Å². The first-order valence-corrected chi connectivity index (χ1v) is 6.90. The normalized spacial score (nSPS) is 11.3. The van der Waals surface area contributed by atoms with Crippen LogP contribution in [0.4, 0.5) is 5.69 Å². The molecule has 1 aromatic heterocycles. The second-order valence-corrected chi connectivity index (χ2v) is 5.27. The Hall–Kier alpha value is -2.10. The van der Waals surface area contributed by atoms with Crippen molar-refractivity contribution >= 4 is 46.1 Å². The monoisotopic (exact) mass is 317 g/mol. The molecule has 0 unspecified atom stereocenters. The Bertz CT molecular complexity index is 883. The summed E-state index contributed by atoms with van der Waals surface area (Å²) in [6.07, 6.45) is 2.85. The van der Waals surface area contributed by atoms with Gasteiger partial charge in [-0.05, 0) is 42.5 Å². The summed E-state index contributed by atoms with van der Waals surface area (Å²) < 4.78 is 5.42. The molecule has 0 saturated heterocycles. The topological polar surface area (TPSA) is 42.6 Å². The van der Waals surface area contributed by atoms with Crippen molar-refractivity contribution in [2.24, 2.45) is 4.99 Å². The van der Waals surface area contributed by atoms with Crippen LogP contribution >= 0.6 is 23.2 Å². The molecule has 0 fully saturated rings. The van der Waals surface area contributed by atoms with E-state index in [1.165, 1.54) is 12.5 Å². The zero-order valence-corrected chi connectivity index (χ0v) is 12.2. The molecule has 0 aliphatic heterocycles. The Labute approximate surface area is 130 Å². The zero-order chi connectivity index (χ0) is 14.8. The van der Waals surface area contributed by atoms with E-state index in [1.807, 2.05) is 0 Å². The molecule has 3 aromatic rings. The Morgan fingerprint density at radius 2 is 1.71 bits per heavy atom. The Morgan fingerprint density at radius 1 is 1.00 bits per heavy atom. The van der Waals surface area contributed by atoms with E-state index in [4.69, 9.17) is 27.6 Å². The first-order chi connectivity index (χ1) is 10.1. The third kappa shape index (κ3) is 2.99. The molecule has 3 rings (SSSR count). The van der Waals surface area contributed by atoms with Crippen molar-refractivity contribution < 1.29 is 4.42 Å². The van der Waals surface area contributed by atoms with Gasteiger partial charge in [-0.15, -0.1) is 0 Å². The summed E-state index contributed by atoms with van der Waals surface area (Å²) in [6, 6.07) is 11.9. The largest absolute Gasteiger partial charge is 0.463 e. The quantitative estimate of drug-likeness (QED) is 0.634. The van der Waals surface area contributed by atoms with Crippen LogP contribution in [0.2, 0.25) is 10.0 Å². The van der Waals surface area contributed by atoms with Crippen molar-refractivity contribution in [3.63, 3.8) is 0 Å². The summed E-state index contributed by atoms with van der Waals surface area (Å²) in [4.78, 5) is 16.6. The first kappa shape index (κ1) is 13.9. The number of nitrogens with zero attached hydrogens (tertiary/aromatic N) is 1. The summed E-state index contributed by atoms with van der Waals surface area (Å²) in [6.45, 7) is 0. The van der Waals surface area contributed by atoms with Gasteiger partial charge >= 0.3 is 0 Å². The number of hydrogen-bond acceptors (Lipinski definition) is 3. The number of rotatable bonds is 2. The van der Waals surface area contributed by atoms with Crippen LogP contribution in [0.1, 0.15) is 5.56 Å². The predicted molar refractivity (Wildman–Crippen MR) is 86.2 cm³/mol. The van der Waals surface area contributed by atoms with E-state index in [0.717, 1.165) is 0 Å². The van der Waals surface area contributed by atoms with Gasteiger partial charge in [0.1, 0.15) is 11.8 Å². The van der Waals surface area contributed by atoms with Crippen LogP contribution in [0.15, 0.2) is 62.9 Å². The second-order valence-electron chi connectivity index (χ2n) is 4.40. The smallest absolute Gasteiger partial charge is 0.201 e. The molecular weight excluding hydrogens is 309 g/mol. The minimum absolute atomic E-state index is 0.170. The molecule has 0 spiro atoms. The Balaban J connectivity index is 2.03. The molecular formula is C16H9Cl2NO2. The highest BCUT2D eigenvalue weighted by atomic mass is 35.5. The number of benzene rings is 2. The highest BCUT2D eigenvalue weighted by Crippen LogP contribution is 2.18. The number of halogens is 2. The SMILES string of the molecule is O=c1c(C=Nc2ccc(Cl)cc2)coc2ccc(Cl)cc12. The molecule has 0 radical (unpaired) electrons. The van der Waals surface area contributed by atoms with Gasteiger partial charge in [0.25, 0.3) is 0 Å². The van der Waals surface area contributed by atoms with Gasteiger partial charge in [0.05, 0.1) is 16.6 Å². The van der Waals surface area contributed by atoms with Gasteiger partial charge in [0, 0.05) is 16.3 Å². The zero-order valence-electron chi connectivity index (χ0n) is 10.7. The van der Waals surface area contributed by atoms with Gasteiger partial charge in [-0.1, -0.05) is 23.2 Å². The standard InChI is InChI=1S/C16H9Cl2NO2/c17-11-1-4-13(5-2-11)19-8-10-9-21-15-6-3-12(18)7-14(15)16(10)20/h1-9H. The molecule has 1 heterocycles. The molecule has 0 amide bonds. The van der Waals surface area contributed by atoms with Crippen molar-refractivity contribution in [3.05, 3.63) is 74.6 Å². The molecule has 0 saturated carbocycles. The molecule has 3 nitrogen and oxygen atoms in total. The maximum atomic E-state index is 12.3. The highest BCUT2D eigenvalue weighted by Gasteiger charge is 2.05. The Morgan fingerprint density at radius 3 is 2.48 bits per heavy atom. The Kier molecular flexibility index (Phi) is 3.78. The second kappa shape index (κ2) is 5.72. The van der Waals surface area contributed by atoms with Gasteiger partial charge in [0.15, 0.2) is 0 Å². The minimum atomic E-state index is -0.170. The van der Waals surface area contributed by atoms with Crippen LogP contribution in [0.3, 0.4) is 0 Å². The van der Waals surface area contributed by atoms with Gasteiger partial charge < -0.3 is 4.42 Å². The molecule has 2 aromatic carbocycles. The van der Waals surface area contributed by atoms with Crippen molar-refractivity contribution in [3.8, 4) is 0 Å². The van der Waals surface area contributed by atoms with Crippen molar-refractivity contribution in [2.45, 2.75) is 0 Å². The summed E-state index contributed by atoms with van der Waals surface area (Å²) in [5.41, 5.74) is 1.38. The fourth-order valence-electron chi connectivity index (χ4n) is 1.88. The van der Waals surface area contributed by atoms with Crippen molar-refractivity contribution in [2.75, 3.05) is 0 Å². The van der Waals surface area contributed by atoms with Crippen LogP contribution in [-0.2, 0) is 0 Å². The molecule has 0 bridgehead atoms. The summed E-state index contributed by atoms with van der Waals surface area (Å²) in [5.74, 6) is 0. The van der Waals surface area contributed by atoms with Gasteiger partial charge in [-0.2, -0.15) is 0 Å². The lowest BCUT2D eigenvalue weighted by molar-refractivity contribution is 0.601. The van der Waals surface area contributed by atoms with Crippen LogP contribution in [0.5, 0.6) is 0 Å². The van der Waals surface area contributed by atoms with Crippen LogP contribution < -0.4 is 5.43 Å². The van der Waals surface area contributed by atoms with Crippen LogP contribution in [0.25, 0.3) is 11.0 Å². The van der Waals surface area contributed by atoms with E-state index in [9.17, 15) is 4.79 Å². The van der Waals surface area contributed by atoms with E-state index < -0.39 is 0 Å². The maximum Gasteiger partial charge on any atom is 0.201 e. The van der Waals surface area contributed by atoms with Gasteiger partial charge in [-0.3, -0.25) is 9.79 Å². The van der Waals surface area contributed by atoms with E-state index in [1.54, 1.807) is 42.5 Å². The number of hydrogen-bond donors (Lipinski definition) is 0. The summed E-state index contributed by atoms with van der Waals surface area (Å²) in [7, 11) is 0. The maximum absolute atomic E-state index is 12.3. The fourth-order valence-corrected chi connectivity index (χ4v) is 2.18. The van der Waals surface area contributed by atoms with Crippen LogP contribution in [0, 0.1) is 0 Å². The molecule has 0 aliphatic carbocycles. The molecule has 0 aliphatic rings. The lowest BCUT2D eigenvalue weighted by atomic mass is 10.2. The summed E-state index contributed by atoms with van der Waals surface area (Å²) >= 11 is 11.7. The molecule has 0 atom stereocenters. The molecule has 104 valence electrons. The predicted octanol–water partition coefficient (Wildman–Crippen LogP) is 4.85. The molecule has 5 heteroatoms. The summed E-state index contributed by atoms with van der Waals surface area (Å²) in [5, 5.41) is 1.55. The third-order valence-electron chi connectivity index (χ3n) is 2.94. The van der Waals surface area contributed by atoms with Crippen molar-refractivity contribution in [1.29, 1.82) is 0 Å². The van der Waals surface area contributed by atoms with Gasteiger partial charge in [-0.25, -0.2) is 0 Å². The van der Waals surface area contributed by atoms with E-state index in [0.29, 0.717) is 32.3 Å². The molecule has 0 N–H and O–H groups in total. The van der Waals surface area contributed by atoms with Crippen molar-refractivity contribution in [1.82, 2.24) is 0 Å². The van der Waals surface area contributed by atoms with E-state index in [-0.39, 0.29) is 5.43 Å². The average molecular weight is 318 g/mol. The average Bonchev–Trinajstić information content (AvgIpc) is 2.49. The number of fused-ring (bicyclic) bond motifs is 1. The number of aliphatic imine (C=N–C) groups is 1. The third-order valence-corrected chi connectivity index (χ3v) is 3.43. The van der Waals surface area contributed by atoms with Crippen LogP contribution in [-0.4, -0.2) is 6.21 Å². The lowest BCUT2D eigenvalue weighted by Crippen LogP contribution is -2.07.